The normalized spacial score (nSPS) is 24.1. The first kappa shape index (κ1) is 21.6. The van der Waals surface area contributed by atoms with Crippen LogP contribution in [0, 0.1) is 17.7 Å². The number of carbonyl (C=O) groups excluding carboxylic acids is 1. The second-order valence-electron chi connectivity index (χ2n) is 8.37. The number of benzene rings is 1. The minimum Gasteiger partial charge on any atom is -0.453 e. The molecule has 1 aromatic rings. The Hall–Kier alpha value is -1.14. The molecule has 3 rings (SSSR count). The summed E-state index contributed by atoms with van der Waals surface area (Å²) in [6, 6.07) is 5.27. The van der Waals surface area contributed by atoms with Crippen molar-refractivity contribution in [3.8, 4) is 0 Å². The molecule has 0 bridgehead atoms. The summed E-state index contributed by atoms with van der Waals surface area (Å²) in [4.78, 5) is 13.9. The Morgan fingerprint density at radius 1 is 1.18 bits per heavy atom. The van der Waals surface area contributed by atoms with E-state index < -0.39 is 0 Å². The van der Waals surface area contributed by atoms with Gasteiger partial charge in [0.05, 0.1) is 7.11 Å². The summed E-state index contributed by atoms with van der Waals surface area (Å²) < 4.78 is 19.2. The molecule has 2 fully saturated rings. The molecule has 28 heavy (non-hydrogen) atoms. The largest absolute Gasteiger partial charge is 0.453 e. The molecule has 0 unspecified atom stereocenters. The lowest BCUT2D eigenvalue weighted by molar-refractivity contribution is 0.152. The molecule has 1 aliphatic heterocycles. The number of piperidine rings is 1. The van der Waals surface area contributed by atoms with E-state index in [4.69, 9.17) is 0 Å². The van der Waals surface area contributed by atoms with Crippen LogP contribution < -0.4 is 5.32 Å². The molecule has 0 spiro atoms. The predicted octanol–water partition coefficient (Wildman–Crippen LogP) is 5.15. The van der Waals surface area contributed by atoms with Gasteiger partial charge < -0.3 is 15.0 Å². The molecule has 0 radical (unpaired) electrons. The van der Waals surface area contributed by atoms with E-state index in [-0.39, 0.29) is 18.0 Å². The summed E-state index contributed by atoms with van der Waals surface area (Å²) >= 11 is 3.55. The maximum absolute atomic E-state index is 13.5. The zero-order chi connectivity index (χ0) is 19.9. The Labute approximate surface area is 176 Å². The maximum atomic E-state index is 13.5. The van der Waals surface area contributed by atoms with Gasteiger partial charge in [0.15, 0.2) is 0 Å². The molecule has 156 valence electrons. The molecule has 6 heteroatoms. The van der Waals surface area contributed by atoms with Gasteiger partial charge >= 0.3 is 6.09 Å². The molecule has 0 atom stereocenters. The fourth-order valence-electron chi connectivity index (χ4n) is 4.61. The fraction of sp³-hybridized carbons (Fsp3) is 0.682. The van der Waals surface area contributed by atoms with E-state index in [9.17, 15) is 9.18 Å². The van der Waals surface area contributed by atoms with Crippen molar-refractivity contribution in [1.82, 2.24) is 10.2 Å². The number of halogens is 2. The van der Waals surface area contributed by atoms with Crippen molar-refractivity contribution in [3.05, 3.63) is 34.1 Å². The van der Waals surface area contributed by atoms with Gasteiger partial charge in [-0.3, -0.25) is 0 Å². The number of hydrogen-bond acceptors (Lipinski definition) is 3. The van der Waals surface area contributed by atoms with Gasteiger partial charge in [0, 0.05) is 10.5 Å². The third-order valence-corrected chi connectivity index (χ3v) is 7.20. The number of alkyl carbamates (subject to hydrolysis) is 1. The van der Waals surface area contributed by atoms with Gasteiger partial charge in [-0.25, -0.2) is 9.18 Å². The molecule has 1 heterocycles. The van der Waals surface area contributed by atoms with Crippen LogP contribution in [0.5, 0.6) is 0 Å². The first-order chi connectivity index (χ1) is 13.5. The zero-order valence-electron chi connectivity index (χ0n) is 16.8. The Balaban J connectivity index is 1.33. The van der Waals surface area contributed by atoms with Gasteiger partial charge in [-0.15, -0.1) is 0 Å². The van der Waals surface area contributed by atoms with Crippen LogP contribution in [0.25, 0.3) is 0 Å². The summed E-state index contributed by atoms with van der Waals surface area (Å²) in [7, 11) is 1.42. The molecule has 1 aliphatic carbocycles. The molecule has 1 amide bonds. The average Bonchev–Trinajstić information content (AvgIpc) is 2.71. The molecule has 1 N–H and O–H groups in total. The van der Waals surface area contributed by atoms with Crippen LogP contribution in [0.2, 0.25) is 0 Å². The summed E-state index contributed by atoms with van der Waals surface area (Å²) in [5.41, 5.74) is 1.09. The van der Waals surface area contributed by atoms with Gasteiger partial charge in [0.2, 0.25) is 0 Å². The highest BCUT2D eigenvalue weighted by Crippen LogP contribution is 2.29. The lowest BCUT2D eigenvalue weighted by Crippen LogP contribution is -2.39. The Kier molecular flexibility index (Phi) is 8.15. The predicted molar refractivity (Wildman–Crippen MR) is 113 cm³/mol. The quantitative estimate of drug-likeness (QED) is 0.646. The van der Waals surface area contributed by atoms with Crippen molar-refractivity contribution in [3.63, 3.8) is 0 Å². The second kappa shape index (κ2) is 10.6. The number of nitrogens with zero attached hydrogens (tertiary/aromatic N) is 1. The van der Waals surface area contributed by atoms with Crippen LogP contribution in [-0.2, 0) is 11.2 Å². The van der Waals surface area contributed by atoms with Crippen molar-refractivity contribution in [2.45, 2.75) is 57.4 Å². The molecular formula is C22H32BrFN2O2. The summed E-state index contributed by atoms with van der Waals surface area (Å²) in [5.74, 6) is 1.28. The molecule has 0 aromatic heterocycles. The third kappa shape index (κ3) is 6.45. The Morgan fingerprint density at radius 3 is 2.57 bits per heavy atom. The summed E-state index contributed by atoms with van der Waals surface area (Å²) in [6.07, 6.45) is 8.80. The van der Waals surface area contributed by atoms with E-state index in [1.54, 1.807) is 6.07 Å². The van der Waals surface area contributed by atoms with Gasteiger partial charge in [0.25, 0.3) is 0 Å². The minimum atomic E-state index is -0.309. The number of carbonyl (C=O) groups is 1. The SMILES string of the molecule is COC(=O)NC1CCC(CCN2CCC(Cc3cc(F)ccc3Br)CC2)CC1. The molecule has 2 aliphatic rings. The third-order valence-electron chi connectivity index (χ3n) is 6.43. The van der Waals surface area contributed by atoms with Crippen LogP contribution in [0.4, 0.5) is 9.18 Å². The van der Waals surface area contributed by atoms with Crippen molar-refractivity contribution < 1.29 is 13.9 Å². The topological polar surface area (TPSA) is 41.6 Å². The first-order valence-electron chi connectivity index (χ1n) is 10.5. The molecule has 1 aromatic carbocycles. The number of nitrogens with one attached hydrogen (secondary N) is 1. The van der Waals surface area contributed by atoms with Crippen LogP contribution >= 0.6 is 15.9 Å². The van der Waals surface area contributed by atoms with Crippen LogP contribution in [0.15, 0.2) is 22.7 Å². The number of ether oxygens (including phenoxy) is 1. The Morgan fingerprint density at radius 2 is 1.89 bits per heavy atom. The van der Waals surface area contributed by atoms with Gasteiger partial charge in [-0.1, -0.05) is 15.9 Å². The fourth-order valence-corrected chi connectivity index (χ4v) is 5.02. The minimum absolute atomic E-state index is 0.146. The van der Waals surface area contributed by atoms with E-state index in [0.717, 1.165) is 48.3 Å². The number of likely N-dealkylation sites (tertiary alicyclic amines) is 1. The molecular weight excluding hydrogens is 423 g/mol. The highest BCUT2D eigenvalue weighted by atomic mass is 79.9. The van der Waals surface area contributed by atoms with E-state index in [1.165, 1.54) is 51.8 Å². The number of hydrogen-bond donors (Lipinski definition) is 1. The lowest BCUT2D eigenvalue weighted by Gasteiger charge is -2.34. The van der Waals surface area contributed by atoms with Gasteiger partial charge in [0.1, 0.15) is 5.82 Å². The monoisotopic (exact) mass is 454 g/mol. The molecule has 4 nitrogen and oxygen atoms in total. The maximum Gasteiger partial charge on any atom is 0.407 e. The highest BCUT2D eigenvalue weighted by molar-refractivity contribution is 9.10. The van der Waals surface area contributed by atoms with Crippen LogP contribution in [0.3, 0.4) is 0 Å². The van der Waals surface area contributed by atoms with Crippen molar-refractivity contribution >= 4 is 22.0 Å². The van der Waals surface area contributed by atoms with E-state index in [0.29, 0.717) is 5.92 Å². The summed E-state index contributed by atoms with van der Waals surface area (Å²) in [5, 5.41) is 2.93. The van der Waals surface area contributed by atoms with Gasteiger partial charge in [-0.05, 0) is 107 Å². The van der Waals surface area contributed by atoms with E-state index in [1.807, 2.05) is 6.07 Å². The van der Waals surface area contributed by atoms with E-state index >= 15 is 0 Å². The smallest absolute Gasteiger partial charge is 0.407 e. The molecule has 1 saturated heterocycles. The Bertz CT molecular complexity index is 641. The van der Waals surface area contributed by atoms with Crippen LogP contribution in [-0.4, -0.2) is 43.8 Å². The number of amides is 1. The average molecular weight is 455 g/mol. The van der Waals surface area contributed by atoms with E-state index in [2.05, 4.69) is 30.9 Å². The summed E-state index contributed by atoms with van der Waals surface area (Å²) in [6.45, 7) is 3.48. The molecule has 1 saturated carbocycles. The number of methoxy groups -OCH3 is 1. The van der Waals surface area contributed by atoms with Crippen molar-refractivity contribution in [2.24, 2.45) is 11.8 Å². The van der Waals surface area contributed by atoms with Gasteiger partial charge in [-0.2, -0.15) is 0 Å². The number of rotatable bonds is 6. The first-order valence-corrected chi connectivity index (χ1v) is 11.3. The highest BCUT2D eigenvalue weighted by Gasteiger charge is 2.25. The standard InChI is InChI=1S/C22H32BrFN2O2/c1-28-22(27)25-20-5-2-16(3-6-20)8-11-26-12-9-17(10-13-26)14-18-15-19(24)4-7-21(18)23/h4,7,15-17,20H,2-3,5-6,8-14H2,1H3,(H,25,27). The zero-order valence-corrected chi connectivity index (χ0v) is 18.3. The van der Waals surface area contributed by atoms with Crippen molar-refractivity contribution in [1.29, 1.82) is 0 Å². The lowest BCUT2D eigenvalue weighted by atomic mass is 9.83. The van der Waals surface area contributed by atoms with Crippen LogP contribution in [0.1, 0.15) is 50.5 Å². The second-order valence-corrected chi connectivity index (χ2v) is 9.22. The van der Waals surface area contributed by atoms with Crippen molar-refractivity contribution in [2.75, 3.05) is 26.7 Å².